The lowest BCUT2D eigenvalue weighted by atomic mass is 10.1. The Hall–Kier alpha value is -2.11. The van der Waals surface area contributed by atoms with Gasteiger partial charge in [-0.15, -0.1) is 0 Å². The molecule has 2 aromatic heterocycles. The number of nitrogens with zero attached hydrogens (tertiary/aromatic N) is 3. The van der Waals surface area contributed by atoms with E-state index >= 15 is 0 Å². The first-order valence-corrected chi connectivity index (χ1v) is 4.01. The van der Waals surface area contributed by atoms with Gasteiger partial charge in [0.2, 0.25) is 5.78 Å². The Kier molecular flexibility index (Phi) is 1.81. The normalized spacial score (nSPS) is 10.4. The summed E-state index contributed by atoms with van der Waals surface area (Å²) in [7, 11) is 1.75. The molecule has 6 heteroatoms. The fraction of sp³-hybridized carbons (Fsp3) is 0.125. The molecule has 2 rings (SSSR count). The van der Waals surface area contributed by atoms with Gasteiger partial charge in [0.1, 0.15) is 11.5 Å². The fourth-order valence-electron chi connectivity index (χ4n) is 1.15. The van der Waals surface area contributed by atoms with E-state index in [1.807, 2.05) is 0 Å². The Morgan fingerprint density at radius 2 is 2.43 bits per heavy atom. The Balaban J connectivity index is 2.38. The Morgan fingerprint density at radius 3 is 2.93 bits per heavy atom. The highest BCUT2D eigenvalue weighted by molar-refractivity contribution is 6.10. The molecule has 0 radical (unpaired) electrons. The summed E-state index contributed by atoms with van der Waals surface area (Å²) in [5, 5.41) is 10.1. The first-order valence-electron chi connectivity index (χ1n) is 4.01. The number of hydrogen-bond donors (Lipinski definition) is 2. The molecular formula is C8H9N5O. The van der Waals surface area contributed by atoms with Crippen molar-refractivity contribution in [3.05, 3.63) is 29.7 Å². The number of carbonyl (C=O) groups excluding carboxylic acids is 1. The molecule has 0 spiro atoms. The summed E-state index contributed by atoms with van der Waals surface area (Å²) in [5.41, 5.74) is 6.22. The second-order valence-electron chi connectivity index (χ2n) is 2.90. The third kappa shape index (κ3) is 1.26. The van der Waals surface area contributed by atoms with Crippen LogP contribution in [0.25, 0.3) is 0 Å². The molecule has 0 unspecified atom stereocenters. The highest BCUT2D eigenvalue weighted by Crippen LogP contribution is 2.11. The van der Waals surface area contributed by atoms with Gasteiger partial charge < -0.3 is 5.73 Å². The second kappa shape index (κ2) is 2.99. The van der Waals surface area contributed by atoms with Gasteiger partial charge in [-0.1, -0.05) is 0 Å². The lowest BCUT2D eigenvalue weighted by molar-refractivity contribution is 0.103. The third-order valence-corrected chi connectivity index (χ3v) is 1.86. The summed E-state index contributed by atoms with van der Waals surface area (Å²) in [4.78, 5) is 11.7. The van der Waals surface area contributed by atoms with Crippen LogP contribution in [0, 0.1) is 0 Å². The number of H-pyrrole nitrogens is 1. The maximum absolute atomic E-state index is 11.7. The standard InChI is InChI=1S/C8H9N5O/c1-13-3-2-6(12-13)7(14)5-4-10-11-8(5)9/h2-4H,1H3,(H3,9,10,11). The Labute approximate surface area is 79.7 Å². The molecule has 0 saturated carbocycles. The van der Waals surface area contributed by atoms with E-state index in [1.54, 1.807) is 24.0 Å². The summed E-state index contributed by atoms with van der Waals surface area (Å²) < 4.78 is 1.56. The predicted molar refractivity (Wildman–Crippen MR) is 49.6 cm³/mol. The van der Waals surface area contributed by atoms with E-state index < -0.39 is 0 Å². The van der Waals surface area contributed by atoms with Gasteiger partial charge in [0.05, 0.1) is 11.8 Å². The molecule has 0 aromatic carbocycles. The average Bonchev–Trinajstić information content (AvgIpc) is 2.73. The van der Waals surface area contributed by atoms with Crippen molar-refractivity contribution in [2.24, 2.45) is 7.05 Å². The third-order valence-electron chi connectivity index (χ3n) is 1.86. The molecule has 0 bridgehead atoms. The summed E-state index contributed by atoms with van der Waals surface area (Å²) in [6, 6.07) is 1.63. The van der Waals surface area contributed by atoms with E-state index in [0.29, 0.717) is 11.3 Å². The number of nitrogen functional groups attached to an aromatic ring is 1. The van der Waals surface area contributed by atoms with Crippen LogP contribution in [0.1, 0.15) is 16.1 Å². The van der Waals surface area contributed by atoms with E-state index in [9.17, 15) is 4.79 Å². The minimum atomic E-state index is -0.225. The Morgan fingerprint density at radius 1 is 1.64 bits per heavy atom. The van der Waals surface area contributed by atoms with Gasteiger partial charge in [0, 0.05) is 13.2 Å². The van der Waals surface area contributed by atoms with Crippen molar-refractivity contribution < 1.29 is 4.79 Å². The van der Waals surface area contributed by atoms with Crippen molar-refractivity contribution in [2.45, 2.75) is 0 Å². The van der Waals surface area contributed by atoms with Crippen molar-refractivity contribution in [1.29, 1.82) is 0 Å². The number of rotatable bonds is 2. The van der Waals surface area contributed by atoms with Crippen LogP contribution in [0.4, 0.5) is 5.82 Å². The number of aryl methyl sites for hydroxylation is 1. The van der Waals surface area contributed by atoms with Gasteiger partial charge in [-0.05, 0) is 6.07 Å². The minimum absolute atomic E-state index is 0.225. The number of hydrogen-bond acceptors (Lipinski definition) is 4. The van der Waals surface area contributed by atoms with E-state index in [4.69, 9.17) is 5.73 Å². The quantitative estimate of drug-likeness (QED) is 0.651. The molecule has 2 heterocycles. The zero-order valence-corrected chi connectivity index (χ0v) is 7.56. The van der Waals surface area contributed by atoms with Crippen molar-refractivity contribution in [3.63, 3.8) is 0 Å². The predicted octanol–water partition coefficient (Wildman–Crippen LogP) is -0.0436. The van der Waals surface area contributed by atoms with Crippen molar-refractivity contribution >= 4 is 11.6 Å². The second-order valence-corrected chi connectivity index (χ2v) is 2.90. The number of aromatic amines is 1. The summed E-state index contributed by atoms with van der Waals surface area (Å²) in [6.45, 7) is 0. The molecule has 2 aromatic rings. The summed E-state index contributed by atoms with van der Waals surface area (Å²) in [6.07, 6.45) is 3.09. The first-order chi connectivity index (χ1) is 6.68. The van der Waals surface area contributed by atoms with Crippen molar-refractivity contribution in [2.75, 3.05) is 5.73 Å². The van der Waals surface area contributed by atoms with E-state index in [2.05, 4.69) is 15.3 Å². The summed E-state index contributed by atoms with van der Waals surface area (Å²) >= 11 is 0. The minimum Gasteiger partial charge on any atom is -0.383 e. The lowest BCUT2D eigenvalue weighted by Crippen LogP contribution is -2.05. The number of aromatic nitrogens is 4. The van der Waals surface area contributed by atoms with Crippen LogP contribution >= 0.6 is 0 Å². The monoisotopic (exact) mass is 191 g/mol. The zero-order chi connectivity index (χ0) is 10.1. The molecule has 0 fully saturated rings. The molecule has 0 saturated heterocycles. The molecule has 0 amide bonds. The molecule has 0 aliphatic rings. The lowest BCUT2D eigenvalue weighted by Gasteiger charge is -1.93. The highest BCUT2D eigenvalue weighted by Gasteiger charge is 2.15. The van der Waals surface area contributed by atoms with E-state index in [0.717, 1.165) is 0 Å². The van der Waals surface area contributed by atoms with Crippen molar-refractivity contribution in [3.8, 4) is 0 Å². The number of carbonyl (C=O) groups is 1. The smallest absolute Gasteiger partial charge is 0.218 e. The SMILES string of the molecule is Cn1ccc(C(=O)c2cn[nH]c2N)n1. The van der Waals surface area contributed by atoms with Crippen LogP contribution in [0.3, 0.4) is 0 Å². The van der Waals surface area contributed by atoms with Gasteiger partial charge in [0.15, 0.2) is 0 Å². The fourth-order valence-corrected chi connectivity index (χ4v) is 1.15. The van der Waals surface area contributed by atoms with Crippen LogP contribution in [-0.4, -0.2) is 25.8 Å². The van der Waals surface area contributed by atoms with Crippen LogP contribution in [0.15, 0.2) is 18.5 Å². The molecular weight excluding hydrogens is 182 g/mol. The largest absolute Gasteiger partial charge is 0.383 e. The number of nitrogens with one attached hydrogen (secondary N) is 1. The van der Waals surface area contributed by atoms with Gasteiger partial charge in [-0.2, -0.15) is 10.2 Å². The molecule has 0 atom stereocenters. The van der Waals surface area contributed by atoms with Gasteiger partial charge in [0.25, 0.3) is 0 Å². The molecule has 0 aliphatic heterocycles. The van der Waals surface area contributed by atoms with E-state index in [1.165, 1.54) is 6.20 Å². The summed E-state index contributed by atoms with van der Waals surface area (Å²) in [5.74, 6) is 0.0394. The molecule has 0 aliphatic carbocycles. The first kappa shape index (κ1) is 8.49. The van der Waals surface area contributed by atoms with Crippen LogP contribution in [0.5, 0.6) is 0 Å². The van der Waals surface area contributed by atoms with Gasteiger partial charge in [-0.3, -0.25) is 14.6 Å². The maximum Gasteiger partial charge on any atom is 0.218 e. The molecule has 14 heavy (non-hydrogen) atoms. The van der Waals surface area contributed by atoms with Crippen LogP contribution in [0.2, 0.25) is 0 Å². The van der Waals surface area contributed by atoms with Crippen LogP contribution < -0.4 is 5.73 Å². The maximum atomic E-state index is 11.7. The molecule has 3 N–H and O–H groups in total. The Bertz CT molecular complexity index is 470. The number of anilines is 1. The van der Waals surface area contributed by atoms with Crippen LogP contribution in [-0.2, 0) is 7.05 Å². The number of nitrogens with two attached hydrogens (primary N) is 1. The van der Waals surface area contributed by atoms with Crippen molar-refractivity contribution in [1.82, 2.24) is 20.0 Å². The highest BCUT2D eigenvalue weighted by atomic mass is 16.1. The van der Waals surface area contributed by atoms with E-state index in [-0.39, 0.29) is 11.6 Å². The number of ketones is 1. The average molecular weight is 191 g/mol. The van der Waals surface area contributed by atoms with Gasteiger partial charge >= 0.3 is 0 Å². The van der Waals surface area contributed by atoms with Gasteiger partial charge in [-0.25, -0.2) is 0 Å². The topological polar surface area (TPSA) is 89.6 Å². The molecule has 72 valence electrons. The molecule has 6 nitrogen and oxygen atoms in total. The zero-order valence-electron chi connectivity index (χ0n) is 7.56.